The van der Waals surface area contributed by atoms with Crippen molar-refractivity contribution in [2.24, 2.45) is 0 Å². The first-order chi connectivity index (χ1) is 9.17. The van der Waals surface area contributed by atoms with E-state index in [2.05, 4.69) is 11.8 Å². The van der Waals surface area contributed by atoms with Crippen LogP contribution >= 0.6 is 0 Å². The van der Waals surface area contributed by atoms with Crippen LogP contribution in [-0.4, -0.2) is 42.4 Å². The van der Waals surface area contributed by atoms with Crippen molar-refractivity contribution >= 4 is 0 Å². The molecule has 0 spiro atoms. The Morgan fingerprint density at radius 1 is 1.26 bits per heavy atom. The fourth-order valence-electron chi connectivity index (χ4n) is 1.70. The van der Waals surface area contributed by atoms with Crippen LogP contribution in [0, 0.1) is 31.6 Å². The first-order valence-corrected chi connectivity index (χ1v) is 6.13. The Balaban J connectivity index is 2.43. The van der Waals surface area contributed by atoms with Gasteiger partial charge in [0.2, 0.25) is 0 Å². The number of nitrogens with zero attached hydrogens (tertiary/aromatic N) is 1. The van der Waals surface area contributed by atoms with Gasteiger partial charge in [-0.15, -0.1) is 12.8 Å². The molecule has 3 nitrogen and oxygen atoms in total. The van der Waals surface area contributed by atoms with E-state index in [1.807, 2.05) is 36.1 Å². The topological polar surface area (TPSA) is 32.7 Å². The van der Waals surface area contributed by atoms with Gasteiger partial charge in [-0.2, -0.15) is 0 Å². The molecule has 0 aliphatic carbocycles. The number of aryl methyl sites for hydroxylation is 1. The molecule has 0 fully saturated rings. The molecule has 19 heavy (non-hydrogen) atoms. The molecule has 0 bridgehead atoms. The highest BCUT2D eigenvalue weighted by Crippen LogP contribution is 2.16. The van der Waals surface area contributed by atoms with E-state index in [1.54, 1.807) is 0 Å². The molecule has 3 heteroatoms. The Kier molecular flexibility index (Phi) is 6.53. The molecule has 1 rings (SSSR count). The first-order valence-electron chi connectivity index (χ1n) is 6.13. The quantitative estimate of drug-likeness (QED) is 0.747. The van der Waals surface area contributed by atoms with Gasteiger partial charge in [0.15, 0.2) is 0 Å². The van der Waals surface area contributed by atoms with E-state index < -0.39 is 6.10 Å². The molecule has 1 atom stereocenters. The van der Waals surface area contributed by atoms with Gasteiger partial charge >= 0.3 is 0 Å². The second kappa shape index (κ2) is 8.21. The summed E-state index contributed by atoms with van der Waals surface area (Å²) in [4.78, 5) is 1.83. The zero-order chi connectivity index (χ0) is 14.1. The number of aliphatic hydroxyl groups excluding tert-OH is 1. The van der Waals surface area contributed by atoms with E-state index >= 15 is 0 Å². The van der Waals surface area contributed by atoms with E-state index in [0.717, 1.165) is 11.3 Å². The predicted molar refractivity (Wildman–Crippen MR) is 76.8 cm³/mol. The van der Waals surface area contributed by atoms with Gasteiger partial charge in [0.25, 0.3) is 0 Å². The number of terminal acetylenes is 2. The van der Waals surface area contributed by atoms with E-state index in [9.17, 15) is 5.11 Å². The van der Waals surface area contributed by atoms with Gasteiger partial charge in [0.1, 0.15) is 18.5 Å². The summed E-state index contributed by atoms with van der Waals surface area (Å²) < 4.78 is 5.58. The maximum Gasteiger partial charge on any atom is 0.122 e. The Hall–Kier alpha value is -1.94. The predicted octanol–water partition coefficient (Wildman–Crippen LogP) is 1.30. The highest BCUT2D eigenvalue weighted by atomic mass is 16.5. The fraction of sp³-hybridized carbons (Fsp3) is 0.375. The third-order valence-corrected chi connectivity index (χ3v) is 2.62. The minimum absolute atomic E-state index is 0.219. The van der Waals surface area contributed by atoms with E-state index in [4.69, 9.17) is 17.6 Å². The van der Waals surface area contributed by atoms with Gasteiger partial charge in [-0.3, -0.25) is 4.90 Å². The Morgan fingerprint density at radius 3 is 2.47 bits per heavy atom. The second-order valence-electron chi connectivity index (χ2n) is 4.31. The summed E-state index contributed by atoms with van der Waals surface area (Å²) in [5.41, 5.74) is 1.04. The summed E-state index contributed by atoms with van der Waals surface area (Å²) in [5, 5.41) is 9.92. The molecular weight excluding hydrogens is 238 g/mol. The van der Waals surface area contributed by atoms with Gasteiger partial charge in [-0.25, -0.2) is 0 Å². The normalized spacial score (nSPS) is 11.6. The lowest BCUT2D eigenvalue weighted by atomic mass is 10.2. The third kappa shape index (κ3) is 5.48. The van der Waals surface area contributed by atoms with Gasteiger partial charge in [0.05, 0.1) is 13.1 Å². The number of ether oxygens (including phenoxy) is 1. The highest BCUT2D eigenvalue weighted by molar-refractivity contribution is 5.31. The number of hydrogen-bond donors (Lipinski definition) is 1. The molecule has 100 valence electrons. The van der Waals surface area contributed by atoms with Crippen molar-refractivity contribution in [3.8, 4) is 30.4 Å². The molecule has 1 N–H and O–H groups in total. The maximum atomic E-state index is 9.92. The van der Waals surface area contributed by atoms with Crippen LogP contribution < -0.4 is 4.74 Å². The SMILES string of the molecule is C#CCN(CC#C)CC(O)COc1ccccc1C. The number of para-hydroxylation sites is 1. The number of rotatable bonds is 7. The molecule has 1 unspecified atom stereocenters. The van der Waals surface area contributed by atoms with Crippen molar-refractivity contribution in [3.63, 3.8) is 0 Å². The first kappa shape index (κ1) is 15.1. The van der Waals surface area contributed by atoms with E-state index in [0.29, 0.717) is 19.6 Å². The molecule has 1 aromatic carbocycles. The summed E-state index contributed by atoms with van der Waals surface area (Å²) in [7, 11) is 0. The van der Waals surface area contributed by atoms with Gasteiger partial charge < -0.3 is 9.84 Å². The summed E-state index contributed by atoms with van der Waals surface area (Å²) in [5.74, 6) is 5.82. The lowest BCUT2D eigenvalue weighted by Gasteiger charge is -2.21. The Morgan fingerprint density at radius 2 is 1.89 bits per heavy atom. The average molecular weight is 257 g/mol. The third-order valence-electron chi connectivity index (χ3n) is 2.62. The standard InChI is InChI=1S/C16H19NO2/c1-4-10-17(11-5-2)12-15(18)13-19-16-9-7-6-8-14(16)3/h1-2,6-9,15,18H,10-13H2,3H3. The van der Waals surface area contributed by atoms with Crippen molar-refractivity contribution in [1.29, 1.82) is 0 Å². The van der Waals surface area contributed by atoms with Gasteiger partial charge in [-0.1, -0.05) is 30.0 Å². The monoisotopic (exact) mass is 257 g/mol. The van der Waals surface area contributed by atoms with Crippen molar-refractivity contribution in [3.05, 3.63) is 29.8 Å². The minimum Gasteiger partial charge on any atom is -0.491 e. The zero-order valence-electron chi connectivity index (χ0n) is 11.2. The number of benzene rings is 1. The van der Waals surface area contributed by atoms with Crippen molar-refractivity contribution in [2.75, 3.05) is 26.2 Å². The van der Waals surface area contributed by atoms with Gasteiger partial charge in [-0.05, 0) is 18.6 Å². The highest BCUT2D eigenvalue weighted by Gasteiger charge is 2.11. The molecule has 0 aliphatic heterocycles. The van der Waals surface area contributed by atoms with E-state index in [-0.39, 0.29) is 6.61 Å². The van der Waals surface area contributed by atoms with Crippen molar-refractivity contribution < 1.29 is 9.84 Å². The van der Waals surface area contributed by atoms with Crippen LogP contribution in [0.15, 0.2) is 24.3 Å². The maximum absolute atomic E-state index is 9.92. The van der Waals surface area contributed by atoms with Crippen LogP contribution in [0.1, 0.15) is 5.56 Å². The zero-order valence-corrected chi connectivity index (χ0v) is 11.2. The fourth-order valence-corrected chi connectivity index (χ4v) is 1.70. The smallest absolute Gasteiger partial charge is 0.122 e. The van der Waals surface area contributed by atoms with Crippen LogP contribution in [0.3, 0.4) is 0 Å². The Bertz CT molecular complexity index is 454. The summed E-state index contributed by atoms with van der Waals surface area (Å²) in [6, 6.07) is 7.69. The molecule has 0 saturated carbocycles. The van der Waals surface area contributed by atoms with E-state index in [1.165, 1.54) is 0 Å². The van der Waals surface area contributed by atoms with Crippen LogP contribution in [0.5, 0.6) is 5.75 Å². The Labute approximate surface area is 115 Å². The lowest BCUT2D eigenvalue weighted by Crippen LogP contribution is -2.36. The average Bonchev–Trinajstić information content (AvgIpc) is 2.38. The second-order valence-corrected chi connectivity index (χ2v) is 4.31. The molecule has 1 aromatic rings. The van der Waals surface area contributed by atoms with Crippen molar-refractivity contribution in [2.45, 2.75) is 13.0 Å². The van der Waals surface area contributed by atoms with Crippen LogP contribution in [-0.2, 0) is 0 Å². The molecular formula is C16H19NO2. The van der Waals surface area contributed by atoms with Crippen LogP contribution in [0.2, 0.25) is 0 Å². The molecule has 0 amide bonds. The number of hydrogen-bond acceptors (Lipinski definition) is 3. The molecule has 0 radical (unpaired) electrons. The lowest BCUT2D eigenvalue weighted by molar-refractivity contribution is 0.0763. The summed E-state index contributed by atoms with van der Waals surface area (Å²) >= 11 is 0. The van der Waals surface area contributed by atoms with Gasteiger partial charge in [0, 0.05) is 6.54 Å². The largest absolute Gasteiger partial charge is 0.491 e. The molecule has 0 saturated heterocycles. The van der Waals surface area contributed by atoms with Crippen LogP contribution in [0.4, 0.5) is 0 Å². The van der Waals surface area contributed by atoms with Crippen molar-refractivity contribution in [1.82, 2.24) is 4.90 Å². The molecule has 0 aliphatic rings. The van der Waals surface area contributed by atoms with Crippen LogP contribution in [0.25, 0.3) is 0 Å². The molecule has 0 heterocycles. The summed E-state index contributed by atoms with van der Waals surface area (Å²) in [6.07, 6.45) is 9.87. The number of aliphatic hydroxyl groups is 1. The summed E-state index contributed by atoms with van der Waals surface area (Å²) in [6.45, 7) is 3.43. The molecule has 0 aromatic heterocycles. The minimum atomic E-state index is -0.624.